The van der Waals surface area contributed by atoms with Gasteiger partial charge in [-0.1, -0.05) is 11.6 Å². The molecular weight excluding hydrogens is 324 g/mol. The summed E-state index contributed by atoms with van der Waals surface area (Å²) in [7, 11) is 1.41. The minimum Gasteiger partial charge on any atom is -0.493 e. The van der Waals surface area contributed by atoms with Crippen LogP contribution in [-0.4, -0.2) is 44.8 Å². The molecule has 2 rings (SSSR count). The summed E-state index contributed by atoms with van der Waals surface area (Å²) in [6.45, 7) is 0.839. The van der Waals surface area contributed by atoms with Crippen LogP contribution in [0.5, 0.6) is 11.5 Å². The molecule has 2 amide bonds. The highest BCUT2D eigenvalue weighted by molar-refractivity contribution is 6.32. The van der Waals surface area contributed by atoms with E-state index in [4.69, 9.17) is 31.5 Å². The summed E-state index contributed by atoms with van der Waals surface area (Å²) < 4.78 is 15.8. The van der Waals surface area contributed by atoms with Crippen molar-refractivity contribution < 1.29 is 23.8 Å². The van der Waals surface area contributed by atoms with Gasteiger partial charge in [0.15, 0.2) is 18.1 Å². The Balaban J connectivity index is 2.07. The maximum Gasteiger partial charge on any atom is 0.255 e. The number of nitrogens with two attached hydrogens (primary N) is 1. The van der Waals surface area contributed by atoms with Gasteiger partial charge in [0.2, 0.25) is 0 Å². The van der Waals surface area contributed by atoms with E-state index >= 15 is 0 Å². The van der Waals surface area contributed by atoms with E-state index < -0.39 is 5.91 Å². The molecule has 1 aromatic carbocycles. The quantitative estimate of drug-likeness (QED) is 0.773. The van der Waals surface area contributed by atoms with Crippen LogP contribution in [0, 0.1) is 0 Å². The summed E-state index contributed by atoms with van der Waals surface area (Å²) in [5, 5.41) is 2.96. The smallest absolute Gasteiger partial charge is 0.255 e. The highest BCUT2D eigenvalue weighted by atomic mass is 35.5. The number of amides is 2. The summed E-state index contributed by atoms with van der Waals surface area (Å²) in [6.07, 6.45) is 1.99. The zero-order chi connectivity index (χ0) is 16.8. The van der Waals surface area contributed by atoms with Crippen LogP contribution in [0.1, 0.15) is 23.2 Å². The third-order valence-electron chi connectivity index (χ3n) is 3.36. The Kier molecular flexibility index (Phi) is 6.06. The maximum absolute atomic E-state index is 12.2. The predicted octanol–water partition coefficient (Wildman–Crippen LogP) is 1.12. The van der Waals surface area contributed by atoms with E-state index in [1.54, 1.807) is 0 Å². The van der Waals surface area contributed by atoms with E-state index in [0.717, 1.165) is 19.4 Å². The fraction of sp³-hybridized carbons (Fsp3) is 0.467. The Bertz CT molecular complexity index is 587. The number of halogens is 1. The molecule has 1 aliphatic heterocycles. The van der Waals surface area contributed by atoms with Gasteiger partial charge in [0.05, 0.1) is 18.2 Å². The Morgan fingerprint density at radius 1 is 1.48 bits per heavy atom. The van der Waals surface area contributed by atoms with E-state index in [1.807, 2.05) is 0 Å². The van der Waals surface area contributed by atoms with Gasteiger partial charge in [-0.05, 0) is 25.0 Å². The third kappa shape index (κ3) is 4.74. The normalized spacial score (nSPS) is 16.9. The van der Waals surface area contributed by atoms with Crippen LogP contribution in [0.4, 0.5) is 0 Å². The summed E-state index contributed by atoms with van der Waals surface area (Å²) in [6, 6.07) is 2.94. The van der Waals surface area contributed by atoms with Crippen molar-refractivity contribution in [2.45, 2.75) is 18.9 Å². The zero-order valence-corrected chi connectivity index (χ0v) is 13.5. The topological polar surface area (TPSA) is 99.9 Å². The highest BCUT2D eigenvalue weighted by Crippen LogP contribution is 2.36. The number of ether oxygens (including phenoxy) is 3. The molecule has 0 aliphatic carbocycles. The molecule has 1 fully saturated rings. The summed E-state index contributed by atoms with van der Waals surface area (Å²) in [4.78, 5) is 23.0. The van der Waals surface area contributed by atoms with Crippen LogP contribution in [0.15, 0.2) is 12.1 Å². The molecule has 1 saturated heterocycles. The van der Waals surface area contributed by atoms with Crippen molar-refractivity contribution in [2.75, 3.05) is 26.9 Å². The average molecular weight is 343 g/mol. The van der Waals surface area contributed by atoms with Gasteiger partial charge in [0.1, 0.15) is 0 Å². The van der Waals surface area contributed by atoms with Crippen molar-refractivity contribution >= 4 is 23.4 Å². The van der Waals surface area contributed by atoms with Crippen molar-refractivity contribution in [1.29, 1.82) is 0 Å². The predicted molar refractivity (Wildman–Crippen MR) is 84.0 cm³/mol. The Hall–Kier alpha value is -1.99. The Morgan fingerprint density at radius 3 is 2.87 bits per heavy atom. The molecule has 126 valence electrons. The first-order valence-electron chi connectivity index (χ1n) is 7.19. The lowest BCUT2D eigenvalue weighted by Crippen LogP contribution is -2.31. The maximum atomic E-state index is 12.2. The van der Waals surface area contributed by atoms with Gasteiger partial charge in [0, 0.05) is 18.7 Å². The lowest BCUT2D eigenvalue weighted by atomic mass is 10.1. The van der Waals surface area contributed by atoms with E-state index in [0.29, 0.717) is 12.1 Å². The molecule has 23 heavy (non-hydrogen) atoms. The van der Waals surface area contributed by atoms with Crippen molar-refractivity contribution in [3.05, 3.63) is 22.7 Å². The monoisotopic (exact) mass is 342 g/mol. The van der Waals surface area contributed by atoms with Crippen molar-refractivity contribution in [1.82, 2.24) is 5.32 Å². The molecule has 1 heterocycles. The molecule has 0 unspecified atom stereocenters. The number of carbonyl (C=O) groups excluding carboxylic acids is 2. The van der Waals surface area contributed by atoms with E-state index in [2.05, 4.69) is 5.32 Å². The molecule has 1 aliphatic rings. The first kappa shape index (κ1) is 17.4. The van der Waals surface area contributed by atoms with Gasteiger partial charge in [-0.15, -0.1) is 0 Å². The third-order valence-corrected chi connectivity index (χ3v) is 3.65. The number of rotatable bonds is 7. The van der Waals surface area contributed by atoms with E-state index in [-0.39, 0.29) is 35.1 Å². The molecule has 1 aromatic rings. The van der Waals surface area contributed by atoms with Gasteiger partial charge in [-0.2, -0.15) is 0 Å². The van der Waals surface area contributed by atoms with Crippen LogP contribution >= 0.6 is 11.6 Å². The SMILES string of the molecule is COc1cc(C(=O)NC[C@@H]2CCCO2)cc(Cl)c1OCC(N)=O. The molecule has 0 radical (unpaired) electrons. The lowest BCUT2D eigenvalue weighted by molar-refractivity contribution is -0.119. The standard InChI is InChI=1S/C15H19ClN2O5/c1-21-12-6-9(5-11(16)14(12)23-8-13(17)19)15(20)18-7-10-3-2-4-22-10/h5-6,10H,2-4,7-8H2,1H3,(H2,17,19)(H,18,20)/t10-/m0/s1. The number of hydrogen-bond donors (Lipinski definition) is 2. The van der Waals surface area contributed by atoms with Gasteiger partial charge in [-0.25, -0.2) is 0 Å². The summed E-state index contributed by atoms with van der Waals surface area (Å²) in [5.41, 5.74) is 5.37. The van der Waals surface area contributed by atoms with Crippen LogP contribution in [0.25, 0.3) is 0 Å². The van der Waals surface area contributed by atoms with Crippen molar-refractivity contribution in [2.24, 2.45) is 5.73 Å². The van der Waals surface area contributed by atoms with Crippen LogP contribution in [0.2, 0.25) is 5.02 Å². The highest BCUT2D eigenvalue weighted by Gasteiger charge is 2.19. The molecule has 0 saturated carbocycles. The van der Waals surface area contributed by atoms with E-state index in [1.165, 1.54) is 19.2 Å². The molecule has 0 bridgehead atoms. The minimum absolute atomic E-state index is 0.0505. The zero-order valence-electron chi connectivity index (χ0n) is 12.8. The summed E-state index contributed by atoms with van der Waals surface area (Å²) in [5.74, 6) is -0.506. The van der Waals surface area contributed by atoms with Crippen molar-refractivity contribution in [3.63, 3.8) is 0 Å². The van der Waals surface area contributed by atoms with Crippen LogP contribution in [0.3, 0.4) is 0 Å². The number of methoxy groups -OCH3 is 1. The van der Waals surface area contributed by atoms with Gasteiger partial charge in [-0.3, -0.25) is 9.59 Å². The Labute approximate surface area is 139 Å². The largest absolute Gasteiger partial charge is 0.493 e. The molecule has 0 spiro atoms. The second-order valence-electron chi connectivity index (χ2n) is 5.09. The first-order chi connectivity index (χ1) is 11.0. The molecule has 1 atom stereocenters. The second kappa shape index (κ2) is 8.03. The number of benzene rings is 1. The summed E-state index contributed by atoms with van der Waals surface area (Å²) >= 11 is 6.11. The van der Waals surface area contributed by atoms with Gasteiger partial charge in [0.25, 0.3) is 11.8 Å². The number of carbonyl (C=O) groups is 2. The average Bonchev–Trinajstić information content (AvgIpc) is 3.03. The Morgan fingerprint density at radius 2 is 2.26 bits per heavy atom. The number of hydrogen-bond acceptors (Lipinski definition) is 5. The fourth-order valence-corrected chi connectivity index (χ4v) is 2.51. The van der Waals surface area contributed by atoms with Crippen LogP contribution < -0.4 is 20.5 Å². The minimum atomic E-state index is -0.637. The van der Waals surface area contributed by atoms with Crippen molar-refractivity contribution in [3.8, 4) is 11.5 Å². The first-order valence-corrected chi connectivity index (χ1v) is 7.57. The molecule has 8 heteroatoms. The fourth-order valence-electron chi connectivity index (χ4n) is 2.25. The number of nitrogens with one attached hydrogen (secondary N) is 1. The lowest BCUT2D eigenvalue weighted by Gasteiger charge is -2.14. The van der Waals surface area contributed by atoms with E-state index in [9.17, 15) is 9.59 Å². The molecule has 0 aromatic heterocycles. The second-order valence-corrected chi connectivity index (χ2v) is 5.50. The molecule has 3 N–H and O–H groups in total. The molecule has 7 nitrogen and oxygen atoms in total. The number of primary amides is 1. The van der Waals surface area contributed by atoms with Crippen LogP contribution in [-0.2, 0) is 9.53 Å². The van der Waals surface area contributed by atoms with Gasteiger partial charge >= 0.3 is 0 Å². The molecular formula is C15H19ClN2O5. The van der Waals surface area contributed by atoms with Gasteiger partial charge < -0.3 is 25.3 Å².